The summed E-state index contributed by atoms with van der Waals surface area (Å²) in [5, 5.41) is 8.71. The molecule has 0 aliphatic heterocycles. The van der Waals surface area contributed by atoms with Crippen molar-refractivity contribution in [3.8, 4) is 11.3 Å². The van der Waals surface area contributed by atoms with Crippen molar-refractivity contribution in [2.75, 3.05) is 12.4 Å². The van der Waals surface area contributed by atoms with E-state index in [-0.39, 0.29) is 11.3 Å². The first-order chi connectivity index (χ1) is 14.8. The summed E-state index contributed by atoms with van der Waals surface area (Å²) in [4.78, 5) is 20.4. The Morgan fingerprint density at radius 1 is 1.29 bits per heavy atom. The molecule has 4 aromatic rings. The predicted molar refractivity (Wildman–Crippen MR) is 106 cm³/mol. The summed E-state index contributed by atoms with van der Waals surface area (Å²) in [5.74, 6) is -0.0826. The number of aryl methyl sites for hydroxylation is 1. The van der Waals surface area contributed by atoms with Crippen LogP contribution in [0.3, 0.4) is 0 Å². The van der Waals surface area contributed by atoms with Crippen LogP contribution < -0.4 is 5.32 Å². The highest BCUT2D eigenvalue weighted by molar-refractivity contribution is 5.91. The topological polar surface area (TPSA) is 97.2 Å². The summed E-state index contributed by atoms with van der Waals surface area (Å²) in [7, 11) is 1.32. The van der Waals surface area contributed by atoms with Crippen molar-refractivity contribution in [2.24, 2.45) is 0 Å². The number of H-pyrrole nitrogens is 1. The van der Waals surface area contributed by atoms with E-state index in [4.69, 9.17) is 4.74 Å². The molecule has 11 heteroatoms. The van der Waals surface area contributed by atoms with E-state index in [1.165, 1.54) is 36.3 Å². The minimum absolute atomic E-state index is 0.118. The fourth-order valence-corrected chi connectivity index (χ4v) is 3.32. The lowest BCUT2D eigenvalue weighted by Gasteiger charge is -2.11. The first kappa shape index (κ1) is 20.4. The number of methoxy groups -OCH3 is 1. The number of benzene rings is 1. The molecule has 0 unspecified atom stereocenters. The maximum atomic E-state index is 13.3. The number of fused-ring (bicyclic) bond motifs is 1. The van der Waals surface area contributed by atoms with Gasteiger partial charge < -0.3 is 10.1 Å². The summed E-state index contributed by atoms with van der Waals surface area (Å²) < 4.78 is 46.1. The Labute approximate surface area is 174 Å². The van der Waals surface area contributed by atoms with Crippen molar-refractivity contribution in [1.29, 1.82) is 0 Å². The molecule has 160 valence electrons. The molecular formula is C20H17F3N6O2. The van der Waals surface area contributed by atoms with Gasteiger partial charge in [0.1, 0.15) is 0 Å². The van der Waals surface area contributed by atoms with Crippen LogP contribution in [0.25, 0.3) is 16.9 Å². The van der Waals surface area contributed by atoms with E-state index < -0.39 is 17.8 Å². The summed E-state index contributed by atoms with van der Waals surface area (Å²) in [6.45, 7) is 1.91. The van der Waals surface area contributed by atoms with Crippen LogP contribution in [-0.4, -0.2) is 37.6 Å². The maximum absolute atomic E-state index is 13.3. The third-order valence-corrected chi connectivity index (χ3v) is 4.77. The van der Waals surface area contributed by atoms with Gasteiger partial charge in [0.05, 0.1) is 30.1 Å². The van der Waals surface area contributed by atoms with Crippen LogP contribution >= 0.6 is 0 Å². The number of carbonyl (C=O) groups excluding carboxylic acids is 1. The van der Waals surface area contributed by atoms with Crippen molar-refractivity contribution in [1.82, 2.24) is 24.6 Å². The van der Waals surface area contributed by atoms with E-state index >= 15 is 0 Å². The summed E-state index contributed by atoms with van der Waals surface area (Å²) in [6.07, 6.45) is 1.49. The number of rotatable bonds is 5. The van der Waals surface area contributed by atoms with Crippen LogP contribution in [0.1, 0.15) is 28.5 Å². The van der Waals surface area contributed by atoms with E-state index in [0.29, 0.717) is 29.1 Å². The molecule has 4 rings (SSSR count). The molecule has 0 fully saturated rings. The van der Waals surface area contributed by atoms with Crippen molar-refractivity contribution in [3.05, 3.63) is 59.8 Å². The van der Waals surface area contributed by atoms with E-state index in [9.17, 15) is 18.0 Å². The number of aromatic amines is 1. The van der Waals surface area contributed by atoms with Crippen LogP contribution in [-0.2, 0) is 17.3 Å². The van der Waals surface area contributed by atoms with Crippen LogP contribution in [0.5, 0.6) is 0 Å². The number of ether oxygens (including phenoxy) is 1. The van der Waals surface area contributed by atoms with Crippen LogP contribution in [0, 0.1) is 0 Å². The van der Waals surface area contributed by atoms with E-state index in [1.54, 1.807) is 18.2 Å². The largest absolute Gasteiger partial charge is 0.465 e. The lowest BCUT2D eigenvalue weighted by Crippen LogP contribution is -2.08. The minimum atomic E-state index is -4.61. The van der Waals surface area contributed by atoms with E-state index in [1.807, 2.05) is 6.92 Å². The normalized spacial score (nSPS) is 11.6. The summed E-state index contributed by atoms with van der Waals surface area (Å²) in [6, 6.07) is 5.13. The predicted octanol–water partition coefficient (Wildman–Crippen LogP) is 4.23. The standard InChI is InChI=1S/C20H17F3N6O2/c1-3-11-8-12(4-5-13(11)19(30)31-2)27-17-18-25-10-15(29(18)7-6-24-17)14-9-26-28-16(14)20(21,22)23/h4-10H,3H2,1-2H3,(H,24,27)(H,26,28). The third kappa shape index (κ3) is 3.69. The van der Waals surface area contributed by atoms with Crippen molar-refractivity contribution in [2.45, 2.75) is 19.5 Å². The number of imidazole rings is 1. The van der Waals surface area contributed by atoms with Crippen LogP contribution in [0.4, 0.5) is 24.7 Å². The van der Waals surface area contributed by atoms with Gasteiger partial charge in [-0.1, -0.05) is 6.92 Å². The molecule has 0 radical (unpaired) electrons. The van der Waals surface area contributed by atoms with Gasteiger partial charge >= 0.3 is 12.1 Å². The lowest BCUT2D eigenvalue weighted by molar-refractivity contribution is -0.140. The molecule has 0 aliphatic carbocycles. The minimum Gasteiger partial charge on any atom is -0.465 e. The van der Waals surface area contributed by atoms with E-state index in [0.717, 1.165) is 5.56 Å². The highest BCUT2D eigenvalue weighted by Gasteiger charge is 2.37. The highest BCUT2D eigenvalue weighted by Crippen LogP contribution is 2.36. The van der Waals surface area contributed by atoms with Gasteiger partial charge in [0.25, 0.3) is 0 Å². The van der Waals surface area contributed by atoms with Crippen molar-refractivity contribution < 1.29 is 22.7 Å². The van der Waals surface area contributed by atoms with Gasteiger partial charge in [0.2, 0.25) is 0 Å². The van der Waals surface area contributed by atoms with Gasteiger partial charge in [-0.25, -0.2) is 14.8 Å². The molecule has 8 nitrogen and oxygen atoms in total. The van der Waals surface area contributed by atoms with Crippen molar-refractivity contribution in [3.63, 3.8) is 0 Å². The van der Waals surface area contributed by atoms with Gasteiger partial charge in [-0.05, 0) is 30.2 Å². The zero-order chi connectivity index (χ0) is 22.2. The Kier molecular flexibility index (Phi) is 5.09. The first-order valence-electron chi connectivity index (χ1n) is 9.25. The zero-order valence-electron chi connectivity index (χ0n) is 16.5. The maximum Gasteiger partial charge on any atom is 0.435 e. The molecule has 2 N–H and O–H groups in total. The second-order valence-corrected chi connectivity index (χ2v) is 6.60. The number of hydrogen-bond acceptors (Lipinski definition) is 6. The molecule has 31 heavy (non-hydrogen) atoms. The summed E-state index contributed by atoms with van der Waals surface area (Å²) in [5.41, 5.74) is 1.30. The molecule has 0 saturated heterocycles. The fraction of sp³-hybridized carbons (Fsp3) is 0.200. The Hall–Kier alpha value is -3.89. The molecule has 3 heterocycles. The number of esters is 1. The molecule has 0 amide bonds. The highest BCUT2D eigenvalue weighted by atomic mass is 19.4. The van der Waals surface area contributed by atoms with Gasteiger partial charge in [-0.15, -0.1) is 0 Å². The number of hydrogen-bond donors (Lipinski definition) is 2. The average Bonchev–Trinajstić information content (AvgIpc) is 3.40. The number of nitrogens with zero attached hydrogens (tertiary/aromatic N) is 4. The summed E-state index contributed by atoms with van der Waals surface area (Å²) >= 11 is 0. The Bertz CT molecular complexity index is 1260. The number of anilines is 2. The number of halogens is 3. The lowest BCUT2D eigenvalue weighted by atomic mass is 10.0. The third-order valence-electron chi connectivity index (χ3n) is 4.77. The quantitative estimate of drug-likeness (QED) is 0.460. The number of carbonyl (C=O) groups is 1. The smallest absolute Gasteiger partial charge is 0.435 e. The average molecular weight is 430 g/mol. The fourth-order valence-electron chi connectivity index (χ4n) is 3.32. The number of nitrogens with one attached hydrogen (secondary N) is 2. The molecule has 3 aromatic heterocycles. The number of aromatic nitrogens is 5. The van der Waals surface area contributed by atoms with Gasteiger partial charge in [-0.3, -0.25) is 9.50 Å². The monoisotopic (exact) mass is 430 g/mol. The molecule has 0 atom stereocenters. The van der Waals surface area contributed by atoms with Gasteiger partial charge in [0.15, 0.2) is 17.2 Å². The van der Waals surface area contributed by atoms with Gasteiger partial charge in [-0.2, -0.15) is 18.3 Å². The van der Waals surface area contributed by atoms with Crippen LogP contribution in [0.2, 0.25) is 0 Å². The second-order valence-electron chi connectivity index (χ2n) is 6.60. The Morgan fingerprint density at radius 2 is 2.10 bits per heavy atom. The molecule has 0 saturated carbocycles. The number of alkyl halides is 3. The molecule has 0 spiro atoms. The Morgan fingerprint density at radius 3 is 2.81 bits per heavy atom. The van der Waals surface area contributed by atoms with E-state index in [2.05, 4.69) is 25.5 Å². The first-order valence-corrected chi connectivity index (χ1v) is 9.25. The van der Waals surface area contributed by atoms with Crippen molar-refractivity contribution >= 4 is 23.1 Å². The SMILES string of the molecule is CCc1cc(Nc2nccn3c(-c4c[nH]nc4C(F)(F)F)cnc23)ccc1C(=O)OC. The molecule has 1 aromatic carbocycles. The van der Waals surface area contributed by atoms with Crippen LogP contribution in [0.15, 0.2) is 43.0 Å². The molecule has 0 bridgehead atoms. The molecular weight excluding hydrogens is 413 g/mol. The zero-order valence-corrected chi connectivity index (χ0v) is 16.5. The Balaban J connectivity index is 1.73. The molecule has 0 aliphatic rings. The van der Waals surface area contributed by atoms with Gasteiger partial charge in [0, 0.05) is 24.3 Å². The second kappa shape index (κ2) is 7.74.